The van der Waals surface area contributed by atoms with E-state index in [0.29, 0.717) is 25.2 Å². The molecule has 0 heterocycles. The number of nitrogens with two attached hydrogens (primary N) is 1. The number of hydrogen-bond donors (Lipinski definition) is 3. The van der Waals surface area contributed by atoms with Gasteiger partial charge in [-0.2, -0.15) is 0 Å². The summed E-state index contributed by atoms with van der Waals surface area (Å²) in [5, 5.41) is 5.43. The monoisotopic (exact) mass is 292 g/mol. The van der Waals surface area contributed by atoms with Gasteiger partial charge in [-0.3, -0.25) is 14.5 Å². The maximum Gasteiger partial charge on any atom is 0.233 e. The number of benzene rings is 1. The fourth-order valence-electron chi connectivity index (χ4n) is 1.89. The first-order valence-corrected chi connectivity index (χ1v) is 7.05. The number of nitrogen functional groups attached to an aromatic ring is 1. The van der Waals surface area contributed by atoms with Gasteiger partial charge in [-0.1, -0.05) is 13.0 Å². The third-order valence-corrected chi connectivity index (χ3v) is 3.40. The third kappa shape index (κ3) is 5.43. The van der Waals surface area contributed by atoms with Gasteiger partial charge in [-0.15, -0.1) is 0 Å². The molecule has 6 heteroatoms. The highest BCUT2D eigenvalue weighted by Crippen LogP contribution is 2.20. The van der Waals surface area contributed by atoms with Gasteiger partial charge in [0.05, 0.1) is 6.54 Å². The Morgan fingerprint density at radius 3 is 2.62 bits per heavy atom. The summed E-state index contributed by atoms with van der Waals surface area (Å²) in [4.78, 5) is 25.2. The van der Waals surface area contributed by atoms with Gasteiger partial charge in [0.15, 0.2) is 0 Å². The zero-order valence-corrected chi connectivity index (χ0v) is 12.9. The highest BCUT2D eigenvalue weighted by atomic mass is 16.2. The summed E-state index contributed by atoms with van der Waals surface area (Å²) in [5.74, 6) is -0.136. The summed E-state index contributed by atoms with van der Waals surface area (Å²) in [7, 11) is 1.60. The number of amides is 2. The van der Waals surface area contributed by atoms with Gasteiger partial charge in [0, 0.05) is 31.4 Å². The second kappa shape index (κ2) is 8.26. The van der Waals surface area contributed by atoms with E-state index in [9.17, 15) is 9.59 Å². The molecule has 0 aliphatic carbocycles. The zero-order valence-electron chi connectivity index (χ0n) is 12.9. The Labute approximate surface area is 125 Å². The molecule has 116 valence electrons. The van der Waals surface area contributed by atoms with Gasteiger partial charge in [0.2, 0.25) is 11.8 Å². The second-order valence-electron chi connectivity index (χ2n) is 4.86. The minimum absolute atomic E-state index is 0.0519. The third-order valence-electron chi connectivity index (χ3n) is 3.40. The van der Waals surface area contributed by atoms with Crippen LogP contribution in [-0.4, -0.2) is 43.4 Å². The molecule has 0 aliphatic rings. The minimum Gasteiger partial charge on any atom is -0.398 e. The first-order valence-electron chi connectivity index (χ1n) is 7.05. The predicted octanol–water partition coefficient (Wildman–Crippen LogP) is 0.974. The Morgan fingerprint density at radius 1 is 1.29 bits per heavy atom. The molecule has 1 aromatic carbocycles. The normalized spacial score (nSPS) is 10.5. The van der Waals surface area contributed by atoms with Crippen LogP contribution < -0.4 is 16.4 Å². The van der Waals surface area contributed by atoms with Crippen LogP contribution in [0.5, 0.6) is 0 Å². The van der Waals surface area contributed by atoms with Crippen molar-refractivity contribution < 1.29 is 9.59 Å². The largest absolute Gasteiger partial charge is 0.398 e. The molecule has 1 rings (SSSR count). The van der Waals surface area contributed by atoms with Crippen molar-refractivity contribution in [2.75, 3.05) is 37.7 Å². The summed E-state index contributed by atoms with van der Waals surface area (Å²) >= 11 is 0. The van der Waals surface area contributed by atoms with Gasteiger partial charge < -0.3 is 16.4 Å². The van der Waals surface area contributed by atoms with E-state index >= 15 is 0 Å². The van der Waals surface area contributed by atoms with Crippen molar-refractivity contribution in [2.45, 2.75) is 20.3 Å². The summed E-state index contributed by atoms with van der Waals surface area (Å²) in [6, 6.07) is 5.43. The van der Waals surface area contributed by atoms with Crippen LogP contribution in [0.1, 0.15) is 18.9 Å². The number of likely N-dealkylation sites (N-methyl/N-ethyl adjacent to an activating group) is 2. The van der Waals surface area contributed by atoms with Crippen LogP contribution in [0.15, 0.2) is 18.2 Å². The highest BCUT2D eigenvalue weighted by Gasteiger charge is 2.11. The van der Waals surface area contributed by atoms with E-state index in [1.54, 1.807) is 13.1 Å². The molecule has 0 spiro atoms. The van der Waals surface area contributed by atoms with E-state index in [1.807, 2.05) is 30.9 Å². The Hall–Kier alpha value is -2.08. The fraction of sp³-hybridized carbons (Fsp3) is 0.467. The molecule has 0 atom stereocenters. The lowest BCUT2D eigenvalue weighted by Crippen LogP contribution is -2.37. The maximum absolute atomic E-state index is 12.0. The number of anilines is 2. The lowest BCUT2D eigenvalue weighted by atomic mass is 10.1. The standard InChI is InChI=1S/C15H24N4O2/c1-4-19(10-15(21)17-3)9-8-14(20)18-13-7-5-6-12(16)11(13)2/h5-7H,4,8-10,16H2,1-3H3,(H,17,21)(H,18,20). The van der Waals surface area contributed by atoms with Crippen molar-refractivity contribution in [2.24, 2.45) is 0 Å². The Morgan fingerprint density at radius 2 is 2.00 bits per heavy atom. The van der Waals surface area contributed by atoms with Crippen molar-refractivity contribution in [1.82, 2.24) is 10.2 Å². The van der Waals surface area contributed by atoms with Crippen molar-refractivity contribution in [3.8, 4) is 0 Å². The molecular weight excluding hydrogens is 268 g/mol. The van der Waals surface area contributed by atoms with Gasteiger partial charge in [0.25, 0.3) is 0 Å². The first kappa shape index (κ1) is 17.0. The lowest BCUT2D eigenvalue weighted by Gasteiger charge is -2.19. The van der Waals surface area contributed by atoms with E-state index < -0.39 is 0 Å². The number of nitrogens with one attached hydrogen (secondary N) is 2. The summed E-state index contributed by atoms with van der Waals surface area (Å²) in [6.45, 7) is 5.39. The molecule has 0 radical (unpaired) electrons. The van der Waals surface area contributed by atoms with Gasteiger partial charge >= 0.3 is 0 Å². The molecule has 2 amide bonds. The molecule has 0 fully saturated rings. The molecule has 0 unspecified atom stereocenters. The Bertz CT molecular complexity index is 502. The smallest absolute Gasteiger partial charge is 0.233 e. The summed E-state index contributed by atoms with van der Waals surface area (Å²) < 4.78 is 0. The van der Waals surface area contributed by atoms with Crippen LogP contribution in [0.3, 0.4) is 0 Å². The highest BCUT2D eigenvalue weighted by molar-refractivity contribution is 5.92. The number of carbonyl (C=O) groups excluding carboxylic acids is 2. The van der Waals surface area contributed by atoms with Gasteiger partial charge in [-0.05, 0) is 31.2 Å². The van der Waals surface area contributed by atoms with Crippen LogP contribution >= 0.6 is 0 Å². The molecule has 6 nitrogen and oxygen atoms in total. The summed E-state index contributed by atoms with van der Waals surface area (Å²) in [6.07, 6.45) is 0.332. The van der Waals surface area contributed by atoms with E-state index in [4.69, 9.17) is 5.73 Å². The minimum atomic E-state index is -0.0842. The van der Waals surface area contributed by atoms with Crippen LogP contribution in [0.25, 0.3) is 0 Å². The Balaban J connectivity index is 2.50. The number of carbonyl (C=O) groups is 2. The first-order chi connectivity index (χ1) is 9.97. The summed E-state index contributed by atoms with van der Waals surface area (Å²) in [5.41, 5.74) is 8.06. The molecule has 0 saturated heterocycles. The maximum atomic E-state index is 12.0. The van der Waals surface area contributed by atoms with Crippen molar-refractivity contribution in [1.29, 1.82) is 0 Å². The van der Waals surface area contributed by atoms with Crippen molar-refractivity contribution in [3.05, 3.63) is 23.8 Å². The van der Waals surface area contributed by atoms with Crippen LogP contribution in [0.2, 0.25) is 0 Å². The van der Waals surface area contributed by atoms with E-state index in [-0.39, 0.29) is 11.8 Å². The molecule has 1 aromatic rings. The van der Waals surface area contributed by atoms with Gasteiger partial charge in [-0.25, -0.2) is 0 Å². The molecule has 21 heavy (non-hydrogen) atoms. The molecule has 0 saturated carbocycles. The molecule has 0 bridgehead atoms. The average molecular weight is 292 g/mol. The van der Waals surface area contributed by atoms with Crippen LogP contribution in [-0.2, 0) is 9.59 Å². The van der Waals surface area contributed by atoms with E-state index in [2.05, 4.69) is 10.6 Å². The second-order valence-corrected chi connectivity index (χ2v) is 4.86. The molecule has 0 aromatic heterocycles. The van der Waals surface area contributed by atoms with Crippen LogP contribution in [0.4, 0.5) is 11.4 Å². The fourth-order valence-corrected chi connectivity index (χ4v) is 1.89. The average Bonchev–Trinajstić information content (AvgIpc) is 2.47. The SMILES string of the molecule is CCN(CCC(=O)Nc1cccc(N)c1C)CC(=O)NC. The number of nitrogens with zero attached hydrogens (tertiary/aromatic N) is 1. The molecule has 0 aliphatic heterocycles. The van der Waals surface area contributed by atoms with E-state index in [0.717, 1.165) is 17.8 Å². The number of rotatable bonds is 7. The Kier molecular flexibility index (Phi) is 6.68. The van der Waals surface area contributed by atoms with Gasteiger partial charge in [0.1, 0.15) is 0 Å². The number of hydrogen-bond acceptors (Lipinski definition) is 4. The van der Waals surface area contributed by atoms with Crippen molar-refractivity contribution >= 4 is 23.2 Å². The zero-order chi connectivity index (χ0) is 15.8. The molecular formula is C15H24N4O2. The van der Waals surface area contributed by atoms with E-state index in [1.165, 1.54) is 0 Å². The predicted molar refractivity (Wildman–Crippen MR) is 85.0 cm³/mol. The quantitative estimate of drug-likeness (QED) is 0.654. The lowest BCUT2D eigenvalue weighted by molar-refractivity contribution is -0.122. The topological polar surface area (TPSA) is 87.5 Å². The molecule has 4 N–H and O–H groups in total. The van der Waals surface area contributed by atoms with Crippen LogP contribution in [0, 0.1) is 6.92 Å². The van der Waals surface area contributed by atoms with Crippen molar-refractivity contribution in [3.63, 3.8) is 0 Å².